The number of nitrogens with zero attached hydrogens (tertiary/aromatic N) is 2. The highest BCUT2D eigenvalue weighted by Crippen LogP contribution is 2.24. The molecule has 0 saturated carbocycles. The predicted molar refractivity (Wildman–Crippen MR) is 96.5 cm³/mol. The molecule has 1 aromatic carbocycles. The van der Waals surface area contributed by atoms with E-state index in [4.69, 9.17) is 4.74 Å². The van der Waals surface area contributed by atoms with Crippen LogP contribution in [0.4, 0.5) is 0 Å². The van der Waals surface area contributed by atoms with E-state index in [1.54, 1.807) is 0 Å². The number of rotatable bonds is 7. The number of hydrogen-bond donors (Lipinski definition) is 0. The van der Waals surface area contributed by atoms with Gasteiger partial charge in [-0.2, -0.15) is 0 Å². The zero-order valence-corrected chi connectivity index (χ0v) is 15.7. The van der Waals surface area contributed by atoms with Gasteiger partial charge in [0, 0.05) is 11.0 Å². The van der Waals surface area contributed by atoms with E-state index < -0.39 is 0 Å². The largest absolute Gasteiger partial charge is 0.494 e. The Labute approximate surface area is 143 Å². The minimum absolute atomic E-state index is 0.829. The summed E-state index contributed by atoms with van der Waals surface area (Å²) in [5, 5.41) is 0. The maximum atomic E-state index is 5.95. The van der Waals surface area contributed by atoms with Crippen molar-refractivity contribution in [2.45, 2.75) is 32.2 Å². The quantitative estimate of drug-likeness (QED) is 0.676. The van der Waals surface area contributed by atoms with Gasteiger partial charge in [0.1, 0.15) is 5.75 Å². The highest BCUT2D eigenvalue weighted by Gasteiger charge is 2.16. The first kappa shape index (κ1) is 17.8. The van der Waals surface area contributed by atoms with Crippen molar-refractivity contribution in [3.8, 4) is 5.75 Å². The third-order valence-electron chi connectivity index (χ3n) is 4.37. The van der Waals surface area contributed by atoms with Gasteiger partial charge in [-0.05, 0) is 89.6 Å². The van der Waals surface area contributed by atoms with E-state index in [0.29, 0.717) is 0 Å². The molecule has 1 aliphatic rings. The second-order valence-corrected chi connectivity index (χ2v) is 7.58. The van der Waals surface area contributed by atoms with Gasteiger partial charge >= 0.3 is 0 Å². The lowest BCUT2D eigenvalue weighted by Gasteiger charge is -2.28. The first-order valence-electron chi connectivity index (χ1n) is 8.29. The van der Waals surface area contributed by atoms with Crippen LogP contribution in [0.25, 0.3) is 0 Å². The third kappa shape index (κ3) is 5.90. The zero-order chi connectivity index (χ0) is 15.9. The Morgan fingerprint density at radius 2 is 2.00 bits per heavy atom. The van der Waals surface area contributed by atoms with Crippen molar-refractivity contribution in [1.82, 2.24) is 9.80 Å². The molecule has 1 aliphatic heterocycles. The SMILES string of the molecule is CN(C)Cc1cc(OCCCC2CCN(C)CC2)ccc1Br. The molecule has 1 aromatic rings. The molecule has 4 heteroatoms. The third-order valence-corrected chi connectivity index (χ3v) is 5.14. The standard InChI is InChI=1S/C18H29BrN2O/c1-20(2)14-16-13-17(6-7-18(16)19)22-12-4-5-15-8-10-21(3)11-9-15/h6-7,13,15H,4-5,8-12,14H2,1-3H3. The molecule has 0 radical (unpaired) electrons. The molecule has 0 bridgehead atoms. The lowest BCUT2D eigenvalue weighted by atomic mass is 9.93. The van der Waals surface area contributed by atoms with Crippen LogP contribution in [0.1, 0.15) is 31.2 Å². The molecule has 0 N–H and O–H groups in total. The van der Waals surface area contributed by atoms with Gasteiger partial charge in [-0.3, -0.25) is 0 Å². The molecule has 0 aliphatic carbocycles. The minimum Gasteiger partial charge on any atom is -0.494 e. The average Bonchev–Trinajstić information content (AvgIpc) is 2.48. The van der Waals surface area contributed by atoms with Crippen molar-refractivity contribution < 1.29 is 4.74 Å². The number of hydrogen-bond acceptors (Lipinski definition) is 3. The van der Waals surface area contributed by atoms with Crippen LogP contribution >= 0.6 is 15.9 Å². The average molecular weight is 369 g/mol. The second kappa shape index (κ2) is 8.90. The molecule has 0 unspecified atom stereocenters. The molecule has 0 aromatic heterocycles. The van der Waals surface area contributed by atoms with Crippen LogP contribution in [-0.2, 0) is 6.54 Å². The van der Waals surface area contributed by atoms with E-state index >= 15 is 0 Å². The van der Waals surface area contributed by atoms with Crippen LogP contribution in [0.5, 0.6) is 5.75 Å². The number of likely N-dealkylation sites (tertiary alicyclic amines) is 1. The van der Waals surface area contributed by atoms with Crippen molar-refractivity contribution >= 4 is 15.9 Å². The Morgan fingerprint density at radius 1 is 1.27 bits per heavy atom. The van der Waals surface area contributed by atoms with E-state index in [2.05, 4.69) is 65.1 Å². The molecule has 2 rings (SSSR count). The predicted octanol–water partition coefficient (Wildman–Crippen LogP) is 4.01. The smallest absolute Gasteiger partial charge is 0.119 e. The lowest BCUT2D eigenvalue weighted by molar-refractivity contribution is 0.200. The van der Waals surface area contributed by atoms with Gasteiger partial charge < -0.3 is 14.5 Å². The van der Waals surface area contributed by atoms with Crippen LogP contribution in [0, 0.1) is 5.92 Å². The van der Waals surface area contributed by atoms with Gasteiger partial charge in [0.2, 0.25) is 0 Å². The Kier molecular flexibility index (Phi) is 7.19. The molecule has 0 amide bonds. The maximum absolute atomic E-state index is 5.95. The van der Waals surface area contributed by atoms with E-state index in [9.17, 15) is 0 Å². The molecular formula is C18H29BrN2O. The van der Waals surface area contributed by atoms with Crippen molar-refractivity contribution in [2.75, 3.05) is 40.8 Å². The fraction of sp³-hybridized carbons (Fsp3) is 0.667. The number of ether oxygens (including phenoxy) is 1. The fourth-order valence-corrected chi connectivity index (χ4v) is 3.39. The summed E-state index contributed by atoms with van der Waals surface area (Å²) in [6.07, 6.45) is 5.16. The monoisotopic (exact) mass is 368 g/mol. The fourth-order valence-electron chi connectivity index (χ4n) is 3.02. The first-order valence-corrected chi connectivity index (χ1v) is 9.08. The Bertz CT molecular complexity index is 456. The van der Waals surface area contributed by atoms with Gasteiger partial charge in [-0.1, -0.05) is 15.9 Å². The van der Waals surface area contributed by atoms with Gasteiger partial charge in [0.05, 0.1) is 6.61 Å². The van der Waals surface area contributed by atoms with Crippen LogP contribution in [0.15, 0.2) is 22.7 Å². The number of benzene rings is 1. The molecule has 1 fully saturated rings. The molecule has 0 atom stereocenters. The molecular weight excluding hydrogens is 340 g/mol. The summed E-state index contributed by atoms with van der Waals surface area (Å²) in [7, 11) is 6.39. The number of piperidine rings is 1. The summed E-state index contributed by atoms with van der Waals surface area (Å²) in [5.74, 6) is 1.89. The molecule has 22 heavy (non-hydrogen) atoms. The van der Waals surface area contributed by atoms with Crippen LogP contribution in [-0.4, -0.2) is 50.6 Å². The summed E-state index contributed by atoms with van der Waals surface area (Å²) >= 11 is 3.61. The maximum Gasteiger partial charge on any atom is 0.119 e. The molecule has 0 spiro atoms. The van der Waals surface area contributed by atoms with E-state index in [-0.39, 0.29) is 0 Å². The highest BCUT2D eigenvalue weighted by molar-refractivity contribution is 9.10. The number of halogens is 1. The van der Waals surface area contributed by atoms with Gasteiger partial charge in [-0.25, -0.2) is 0 Å². The van der Waals surface area contributed by atoms with Gasteiger partial charge in [-0.15, -0.1) is 0 Å². The summed E-state index contributed by atoms with van der Waals surface area (Å²) in [6, 6.07) is 6.30. The normalized spacial score (nSPS) is 17.1. The second-order valence-electron chi connectivity index (χ2n) is 6.73. The van der Waals surface area contributed by atoms with Crippen molar-refractivity contribution in [3.63, 3.8) is 0 Å². The molecule has 124 valence electrons. The van der Waals surface area contributed by atoms with E-state index in [0.717, 1.165) is 35.7 Å². The van der Waals surface area contributed by atoms with Crippen molar-refractivity contribution in [2.24, 2.45) is 5.92 Å². The van der Waals surface area contributed by atoms with Crippen LogP contribution in [0.2, 0.25) is 0 Å². The lowest BCUT2D eigenvalue weighted by Crippen LogP contribution is -2.30. The Morgan fingerprint density at radius 3 is 2.68 bits per heavy atom. The van der Waals surface area contributed by atoms with E-state index in [1.165, 1.54) is 37.9 Å². The highest BCUT2D eigenvalue weighted by atomic mass is 79.9. The topological polar surface area (TPSA) is 15.7 Å². The van der Waals surface area contributed by atoms with E-state index in [1.807, 2.05) is 0 Å². The molecule has 1 saturated heterocycles. The Balaban J connectivity index is 1.72. The van der Waals surface area contributed by atoms with Crippen molar-refractivity contribution in [1.29, 1.82) is 0 Å². The summed E-state index contributed by atoms with van der Waals surface area (Å²) in [6.45, 7) is 4.26. The van der Waals surface area contributed by atoms with Crippen molar-refractivity contribution in [3.05, 3.63) is 28.2 Å². The van der Waals surface area contributed by atoms with Gasteiger partial charge in [0.15, 0.2) is 0 Å². The van der Waals surface area contributed by atoms with Gasteiger partial charge in [0.25, 0.3) is 0 Å². The van der Waals surface area contributed by atoms with Crippen LogP contribution in [0.3, 0.4) is 0 Å². The van der Waals surface area contributed by atoms with Crippen LogP contribution < -0.4 is 4.74 Å². The molecule has 3 nitrogen and oxygen atoms in total. The minimum atomic E-state index is 0.829. The zero-order valence-electron chi connectivity index (χ0n) is 14.1. The summed E-state index contributed by atoms with van der Waals surface area (Å²) in [5.41, 5.74) is 1.28. The first-order chi connectivity index (χ1) is 10.5. The summed E-state index contributed by atoms with van der Waals surface area (Å²) in [4.78, 5) is 4.60. The molecule has 1 heterocycles. The Hall–Kier alpha value is -0.580. The summed E-state index contributed by atoms with van der Waals surface area (Å²) < 4.78 is 7.10.